The largest absolute Gasteiger partial charge is 0.383 e. The van der Waals surface area contributed by atoms with Crippen molar-refractivity contribution in [3.8, 4) is 5.69 Å². The molecule has 0 radical (unpaired) electrons. The first-order valence-electron chi connectivity index (χ1n) is 6.20. The summed E-state index contributed by atoms with van der Waals surface area (Å²) in [5.41, 5.74) is 1.35. The molecule has 0 fully saturated rings. The molecule has 1 heterocycles. The van der Waals surface area contributed by atoms with Gasteiger partial charge < -0.3 is 10.1 Å². The van der Waals surface area contributed by atoms with E-state index in [1.165, 1.54) is 6.20 Å². The van der Waals surface area contributed by atoms with Gasteiger partial charge in [0, 0.05) is 24.4 Å². The fraction of sp³-hybridized carbons (Fsp3) is 0.286. The van der Waals surface area contributed by atoms with Crippen LogP contribution in [0.25, 0.3) is 5.69 Å². The van der Waals surface area contributed by atoms with Gasteiger partial charge in [-0.1, -0.05) is 11.6 Å². The zero-order valence-electron chi connectivity index (χ0n) is 11.3. The van der Waals surface area contributed by atoms with E-state index in [9.17, 15) is 4.79 Å². The van der Waals surface area contributed by atoms with E-state index < -0.39 is 0 Å². The van der Waals surface area contributed by atoms with Crippen molar-refractivity contribution in [2.24, 2.45) is 0 Å². The van der Waals surface area contributed by atoms with E-state index in [0.29, 0.717) is 17.2 Å². The fourth-order valence-corrected chi connectivity index (χ4v) is 1.90. The van der Waals surface area contributed by atoms with E-state index in [1.807, 2.05) is 19.1 Å². The van der Waals surface area contributed by atoms with E-state index >= 15 is 0 Å². The number of methoxy groups -OCH3 is 1. The number of hydrogen-bond donors (Lipinski definition) is 1. The van der Waals surface area contributed by atoms with Gasteiger partial charge in [0.1, 0.15) is 0 Å². The van der Waals surface area contributed by atoms with Gasteiger partial charge in [-0.15, -0.1) is 0 Å². The molecule has 0 saturated carbocycles. The van der Waals surface area contributed by atoms with Gasteiger partial charge in [0.25, 0.3) is 5.91 Å². The Bertz CT molecular complexity index is 580. The lowest BCUT2D eigenvalue weighted by Crippen LogP contribution is -2.35. The number of aromatic nitrogens is 2. The number of carbonyl (C=O) groups is 1. The quantitative estimate of drug-likeness (QED) is 0.920. The van der Waals surface area contributed by atoms with Gasteiger partial charge in [-0.2, -0.15) is 5.10 Å². The van der Waals surface area contributed by atoms with Crippen LogP contribution in [0.3, 0.4) is 0 Å². The van der Waals surface area contributed by atoms with Crippen molar-refractivity contribution in [1.29, 1.82) is 0 Å². The first-order valence-corrected chi connectivity index (χ1v) is 6.58. The van der Waals surface area contributed by atoms with E-state index in [0.717, 1.165) is 5.69 Å². The van der Waals surface area contributed by atoms with Crippen LogP contribution in [0.5, 0.6) is 0 Å². The molecule has 20 heavy (non-hydrogen) atoms. The van der Waals surface area contributed by atoms with Crippen molar-refractivity contribution in [3.05, 3.63) is 47.2 Å². The van der Waals surface area contributed by atoms with Gasteiger partial charge in [0.15, 0.2) is 0 Å². The van der Waals surface area contributed by atoms with Crippen molar-refractivity contribution >= 4 is 17.5 Å². The molecular formula is C14H16ClN3O2. The smallest absolute Gasteiger partial charge is 0.254 e. The number of hydrogen-bond acceptors (Lipinski definition) is 3. The number of halogens is 1. The Morgan fingerprint density at radius 3 is 2.80 bits per heavy atom. The predicted molar refractivity (Wildman–Crippen MR) is 77.4 cm³/mol. The zero-order valence-corrected chi connectivity index (χ0v) is 12.1. The van der Waals surface area contributed by atoms with Gasteiger partial charge in [-0.25, -0.2) is 4.68 Å². The molecule has 1 aromatic carbocycles. The SMILES string of the molecule is COCC(C)NC(=O)c1cnn(-c2ccc(Cl)cc2)c1. The molecule has 6 heteroatoms. The molecule has 0 aliphatic heterocycles. The maximum absolute atomic E-state index is 12.0. The van der Waals surface area contributed by atoms with Crippen molar-refractivity contribution in [2.75, 3.05) is 13.7 Å². The standard InChI is InChI=1S/C14H16ClN3O2/c1-10(9-20-2)17-14(19)11-7-16-18(8-11)13-5-3-12(15)4-6-13/h3-8,10H,9H2,1-2H3,(H,17,19). The average Bonchev–Trinajstić information content (AvgIpc) is 2.89. The summed E-state index contributed by atoms with van der Waals surface area (Å²) in [6, 6.07) is 7.18. The summed E-state index contributed by atoms with van der Waals surface area (Å²) >= 11 is 5.84. The molecule has 2 aromatic rings. The van der Waals surface area contributed by atoms with Gasteiger partial charge in [0.05, 0.1) is 24.1 Å². The Kier molecular flexibility index (Phi) is 4.76. The second kappa shape index (κ2) is 6.54. The molecule has 0 aliphatic carbocycles. The molecule has 0 bridgehead atoms. The second-order valence-electron chi connectivity index (χ2n) is 4.48. The van der Waals surface area contributed by atoms with Crippen LogP contribution in [0, 0.1) is 0 Å². The third-order valence-corrected chi connectivity index (χ3v) is 2.98. The molecular weight excluding hydrogens is 278 g/mol. The Balaban J connectivity index is 2.08. The number of ether oxygens (including phenoxy) is 1. The van der Waals surface area contributed by atoms with Crippen molar-refractivity contribution in [3.63, 3.8) is 0 Å². The molecule has 0 saturated heterocycles. The molecule has 5 nitrogen and oxygen atoms in total. The monoisotopic (exact) mass is 293 g/mol. The lowest BCUT2D eigenvalue weighted by Gasteiger charge is -2.11. The summed E-state index contributed by atoms with van der Waals surface area (Å²) in [4.78, 5) is 12.0. The fourth-order valence-electron chi connectivity index (χ4n) is 1.77. The summed E-state index contributed by atoms with van der Waals surface area (Å²) in [5, 5.41) is 7.66. The third-order valence-electron chi connectivity index (χ3n) is 2.73. The van der Waals surface area contributed by atoms with E-state index in [-0.39, 0.29) is 11.9 Å². The van der Waals surface area contributed by atoms with Crippen molar-refractivity contribution in [1.82, 2.24) is 15.1 Å². The maximum atomic E-state index is 12.0. The van der Waals surface area contributed by atoms with Crippen molar-refractivity contribution in [2.45, 2.75) is 13.0 Å². The highest BCUT2D eigenvalue weighted by Crippen LogP contribution is 2.13. The molecule has 0 aliphatic rings. The minimum absolute atomic E-state index is 0.0496. The minimum atomic E-state index is -0.172. The van der Waals surface area contributed by atoms with E-state index in [1.54, 1.807) is 30.1 Å². The van der Waals surface area contributed by atoms with Crippen molar-refractivity contribution < 1.29 is 9.53 Å². The number of amides is 1. The number of nitrogens with zero attached hydrogens (tertiary/aromatic N) is 2. The lowest BCUT2D eigenvalue weighted by atomic mass is 10.3. The molecule has 106 valence electrons. The first kappa shape index (κ1) is 14.6. The Labute approximate surface area is 122 Å². The highest BCUT2D eigenvalue weighted by atomic mass is 35.5. The van der Waals surface area contributed by atoms with Crippen LogP contribution in [0.2, 0.25) is 5.02 Å². The Morgan fingerprint density at radius 2 is 2.15 bits per heavy atom. The molecule has 1 N–H and O–H groups in total. The Morgan fingerprint density at radius 1 is 1.45 bits per heavy atom. The van der Waals surface area contributed by atoms with Crippen LogP contribution in [-0.4, -0.2) is 35.4 Å². The van der Waals surface area contributed by atoms with Crippen LogP contribution >= 0.6 is 11.6 Å². The van der Waals surface area contributed by atoms with Crippen LogP contribution < -0.4 is 5.32 Å². The number of benzene rings is 1. The van der Waals surface area contributed by atoms with Gasteiger partial charge in [0.2, 0.25) is 0 Å². The molecule has 0 spiro atoms. The highest BCUT2D eigenvalue weighted by molar-refractivity contribution is 6.30. The first-order chi connectivity index (χ1) is 9.60. The molecule has 1 atom stereocenters. The maximum Gasteiger partial charge on any atom is 0.254 e. The predicted octanol–water partition coefficient (Wildman–Crippen LogP) is 2.29. The van der Waals surface area contributed by atoms with Gasteiger partial charge in [-0.3, -0.25) is 4.79 Å². The topological polar surface area (TPSA) is 56.1 Å². The van der Waals surface area contributed by atoms with Crippen LogP contribution in [0.4, 0.5) is 0 Å². The van der Waals surface area contributed by atoms with Crippen LogP contribution in [-0.2, 0) is 4.74 Å². The molecule has 1 amide bonds. The number of nitrogens with one attached hydrogen (secondary N) is 1. The number of rotatable bonds is 5. The highest BCUT2D eigenvalue weighted by Gasteiger charge is 2.12. The lowest BCUT2D eigenvalue weighted by molar-refractivity contribution is 0.0905. The van der Waals surface area contributed by atoms with Gasteiger partial charge >= 0.3 is 0 Å². The average molecular weight is 294 g/mol. The number of carbonyl (C=O) groups excluding carboxylic acids is 1. The van der Waals surface area contributed by atoms with Crippen LogP contribution in [0.15, 0.2) is 36.7 Å². The van der Waals surface area contributed by atoms with Crippen LogP contribution in [0.1, 0.15) is 17.3 Å². The third kappa shape index (κ3) is 3.59. The Hall–Kier alpha value is -1.85. The summed E-state index contributed by atoms with van der Waals surface area (Å²) < 4.78 is 6.61. The summed E-state index contributed by atoms with van der Waals surface area (Å²) in [6.45, 7) is 2.35. The summed E-state index contributed by atoms with van der Waals surface area (Å²) in [6.07, 6.45) is 3.21. The van der Waals surface area contributed by atoms with Gasteiger partial charge in [-0.05, 0) is 31.2 Å². The summed E-state index contributed by atoms with van der Waals surface area (Å²) in [5.74, 6) is -0.172. The summed E-state index contributed by atoms with van der Waals surface area (Å²) in [7, 11) is 1.60. The minimum Gasteiger partial charge on any atom is -0.383 e. The molecule has 1 aromatic heterocycles. The molecule has 2 rings (SSSR count). The van der Waals surface area contributed by atoms with E-state index in [2.05, 4.69) is 10.4 Å². The normalized spacial score (nSPS) is 12.2. The molecule has 1 unspecified atom stereocenters. The second-order valence-corrected chi connectivity index (χ2v) is 4.92. The zero-order chi connectivity index (χ0) is 14.5. The van der Waals surface area contributed by atoms with E-state index in [4.69, 9.17) is 16.3 Å².